The van der Waals surface area contributed by atoms with Crippen LogP contribution in [-0.4, -0.2) is 41.6 Å². The minimum Gasteiger partial charge on any atom is -0.478 e. The van der Waals surface area contributed by atoms with Crippen molar-refractivity contribution in [3.8, 4) is 0 Å². The van der Waals surface area contributed by atoms with Gasteiger partial charge in [0.1, 0.15) is 6.04 Å². The topological polar surface area (TPSA) is 66.8 Å². The second kappa shape index (κ2) is 6.72. The summed E-state index contributed by atoms with van der Waals surface area (Å²) in [6.07, 6.45) is 1.82. The van der Waals surface area contributed by atoms with Crippen LogP contribution >= 0.6 is 0 Å². The van der Waals surface area contributed by atoms with Crippen LogP contribution in [-0.2, 0) is 16.1 Å². The summed E-state index contributed by atoms with van der Waals surface area (Å²) in [6.45, 7) is 3.52. The maximum atomic E-state index is 11.9. The number of piperidine rings is 1. The molecule has 21 heavy (non-hydrogen) atoms. The van der Waals surface area contributed by atoms with Crippen molar-refractivity contribution >= 4 is 11.9 Å². The Morgan fingerprint density at radius 1 is 1.43 bits per heavy atom. The first-order chi connectivity index (χ1) is 10.0. The Hall–Kier alpha value is -1.88. The van der Waals surface area contributed by atoms with Crippen LogP contribution in [0.25, 0.3) is 0 Å². The molecule has 1 heterocycles. The van der Waals surface area contributed by atoms with E-state index >= 15 is 0 Å². The molecule has 0 amide bonds. The average Bonchev–Trinajstić information content (AvgIpc) is 2.48. The molecular formula is C16H21NO4. The Morgan fingerprint density at radius 3 is 2.86 bits per heavy atom. The molecule has 1 aromatic carbocycles. The van der Waals surface area contributed by atoms with Gasteiger partial charge < -0.3 is 9.84 Å². The zero-order chi connectivity index (χ0) is 15.4. The predicted molar refractivity (Wildman–Crippen MR) is 78.0 cm³/mol. The molecule has 1 N–H and O–H groups in total. The molecule has 5 heteroatoms. The van der Waals surface area contributed by atoms with Crippen molar-refractivity contribution in [2.24, 2.45) is 5.92 Å². The van der Waals surface area contributed by atoms with Gasteiger partial charge in [-0.05, 0) is 43.0 Å². The van der Waals surface area contributed by atoms with Gasteiger partial charge in [0.05, 0.1) is 12.7 Å². The lowest BCUT2D eigenvalue weighted by molar-refractivity contribution is -0.149. The first-order valence-corrected chi connectivity index (χ1v) is 7.15. The van der Waals surface area contributed by atoms with Crippen LogP contribution in [0.1, 0.15) is 35.7 Å². The molecule has 1 aromatic rings. The summed E-state index contributed by atoms with van der Waals surface area (Å²) in [5, 5.41) is 9.04. The molecule has 1 aliphatic heterocycles. The highest BCUT2D eigenvalue weighted by Gasteiger charge is 2.32. The molecule has 0 saturated carbocycles. The van der Waals surface area contributed by atoms with E-state index in [0.717, 1.165) is 24.9 Å². The van der Waals surface area contributed by atoms with Crippen LogP contribution in [0.4, 0.5) is 0 Å². The predicted octanol–water partition coefficient (Wildman–Crippen LogP) is 2.16. The monoisotopic (exact) mass is 291 g/mol. The van der Waals surface area contributed by atoms with E-state index in [0.29, 0.717) is 12.5 Å². The molecule has 1 saturated heterocycles. The fourth-order valence-corrected chi connectivity index (χ4v) is 2.80. The van der Waals surface area contributed by atoms with Gasteiger partial charge in [-0.15, -0.1) is 0 Å². The Morgan fingerprint density at radius 2 is 2.19 bits per heavy atom. The Labute approximate surface area is 124 Å². The number of benzene rings is 1. The standard InChI is InChI=1S/C16H21NO4/c1-11-6-7-17(14(8-11)16(20)21-2)10-12-4-3-5-13(9-12)15(18)19/h3-5,9,11,14H,6-8,10H2,1-2H3,(H,18,19). The third-order valence-corrected chi connectivity index (χ3v) is 4.01. The van der Waals surface area contributed by atoms with Crippen molar-refractivity contribution in [1.82, 2.24) is 4.90 Å². The van der Waals surface area contributed by atoms with Gasteiger partial charge in [0.15, 0.2) is 0 Å². The molecule has 0 spiro atoms. The highest BCUT2D eigenvalue weighted by atomic mass is 16.5. The van der Waals surface area contributed by atoms with Gasteiger partial charge >= 0.3 is 11.9 Å². The summed E-state index contributed by atoms with van der Waals surface area (Å²) in [7, 11) is 1.41. The van der Waals surface area contributed by atoms with Gasteiger partial charge in [-0.25, -0.2) is 4.79 Å². The first-order valence-electron chi connectivity index (χ1n) is 7.15. The summed E-state index contributed by atoms with van der Waals surface area (Å²) < 4.78 is 4.89. The minimum absolute atomic E-state index is 0.212. The molecule has 0 aromatic heterocycles. The van der Waals surface area contributed by atoms with Crippen LogP contribution in [0.15, 0.2) is 24.3 Å². The third-order valence-electron chi connectivity index (χ3n) is 4.01. The largest absolute Gasteiger partial charge is 0.478 e. The molecule has 1 fully saturated rings. The van der Waals surface area contributed by atoms with Gasteiger partial charge in [0.2, 0.25) is 0 Å². The molecule has 0 bridgehead atoms. The van der Waals surface area contributed by atoms with E-state index < -0.39 is 5.97 Å². The summed E-state index contributed by atoms with van der Waals surface area (Å²) in [4.78, 5) is 25.0. The van der Waals surface area contributed by atoms with E-state index in [4.69, 9.17) is 9.84 Å². The molecular weight excluding hydrogens is 270 g/mol. The van der Waals surface area contributed by atoms with Crippen LogP contribution in [0, 0.1) is 5.92 Å². The van der Waals surface area contributed by atoms with Crippen LogP contribution < -0.4 is 0 Å². The Kier molecular flexibility index (Phi) is 4.96. The van der Waals surface area contributed by atoms with Crippen molar-refractivity contribution in [2.45, 2.75) is 32.4 Å². The van der Waals surface area contributed by atoms with E-state index in [-0.39, 0.29) is 17.6 Å². The van der Waals surface area contributed by atoms with Crippen molar-refractivity contribution in [3.63, 3.8) is 0 Å². The molecule has 114 valence electrons. The van der Waals surface area contributed by atoms with Gasteiger partial charge in [-0.3, -0.25) is 9.69 Å². The van der Waals surface area contributed by atoms with E-state index in [1.807, 2.05) is 6.07 Å². The fourth-order valence-electron chi connectivity index (χ4n) is 2.80. The molecule has 0 aliphatic carbocycles. The number of likely N-dealkylation sites (tertiary alicyclic amines) is 1. The second-order valence-electron chi connectivity index (χ2n) is 5.64. The number of esters is 1. The van der Waals surface area contributed by atoms with E-state index in [9.17, 15) is 9.59 Å². The van der Waals surface area contributed by atoms with Gasteiger partial charge in [0, 0.05) is 6.54 Å². The average molecular weight is 291 g/mol. The minimum atomic E-state index is -0.936. The normalized spacial score (nSPS) is 22.8. The number of carbonyl (C=O) groups is 2. The highest BCUT2D eigenvalue weighted by molar-refractivity contribution is 5.87. The lowest BCUT2D eigenvalue weighted by Crippen LogP contribution is -2.46. The van der Waals surface area contributed by atoms with E-state index in [1.54, 1.807) is 18.2 Å². The summed E-state index contributed by atoms with van der Waals surface area (Å²) in [5.41, 5.74) is 1.17. The zero-order valence-electron chi connectivity index (χ0n) is 12.4. The van der Waals surface area contributed by atoms with E-state index in [2.05, 4.69) is 11.8 Å². The number of carboxylic acid groups (broad SMARTS) is 1. The molecule has 2 unspecified atom stereocenters. The van der Waals surface area contributed by atoms with Crippen LogP contribution in [0.5, 0.6) is 0 Å². The number of hydrogen-bond acceptors (Lipinski definition) is 4. The van der Waals surface area contributed by atoms with Crippen LogP contribution in [0.3, 0.4) is 0 Å². The molecule has 0 radical (unpaired) electrons. The molecule has 2 atom stereocenters. The molecule has 1 aliphatic rings. The maximum Gasteiger partial charge on any atom is 0.335 e. The molecule has 2 rings (SSSR count). The van der Waals surface area contributed by atoms with Gasteiger partial charge in [0.25, 0.3) is 0 Å². The van der Waals surface area contributed by atoms with Crippen molar-refractivity contribution in [3.05, 3.63) is 35.4 Å². The summed E-state index contributed by atoms with van der Waals surface area (Å²) >= 11 is 0. The fraction of sp³-hybridized carbons (Fsp3) is 0.500. The smallest absolute Gasteiger partial charge is 0.335 e. The van der Waals surface area contributed by atoms with Crippen LogP contribution in [0.2, 0.25) is 0 Å². The second-order valence-corrected chi connectivity index (χ2v) is 5.64. The third kappa shape index (κ3) is 3.82. The lowest BCUT2D eigenvalue weighted by atomic mass is 9.92. The number of ether oxygens (including phenoxy) is 1. The van der Waals surface area contributed by atoms with Crippen molar-refractivity contribution in [1.29, 1.82) is 0 Å². The number of rotatable bonds is 4. The lowest BCUT2D eigenvalue weighted by Gasteiger charge is -2.36. The van der Waals surface area contributed by atoms with E-state index in [1.165, 1.54) is 7.11 Å². The number of hydrogen-bond donors (Lipinski definition) is 1. The van der Waals surface area contributed by atoms with Crippen molar-refractivity contribution < 1.29 is 19.4 Å². The Balaban J connectivity index is 2.14. The maximum absolute atomic E-state index is 11.9. The number of carboxylic acids is 1. The van der Waals surface area contributed by atoms with Crippen molar-refractivity contribution in [2.75, 3.05) is 13.7 Å². The first kappa shape index (κ1) is 15.5. The van der Waals surface area contributed by atoms with Gasteiger partial charge in [-0.2, -0.15) is 0 Å². The highest BCUT2D eigenvalue weighted by Crippen LogP contribution is 2.25. The van der Waals surface area contributed by atoms with Gasteiger partial charge in [-0.1, -0.05) is 19.1 Å². The number of carbonyl (C=O) groups excluding carboxylic acids is 1. The Bertz CT molecular complexity index is 529. The number of methoxy groups -OCH3 is 1. The number of aromatic carboxylic acids is 1. The SMILES string of the molecule is COC(=O)C1CC(C)CCN1Cc1cccc(C(=O)O)c1. The number of nitrogens with zero attached hydrogens (tertiary/aromatic N) is 1. The zero-order valence-corrected chi connectivity index (χ0v) is 12.4. The quantitative estimate of drug-likeness (QED) is 0.861. The summed E-state index contributed by atoms with van der Waals surface area (Å²) in [5.74, 6) is -0.653. The molecule has 5 nitrogen and oxygen atoms in total. The summed E-state index contributed by atoms with van der Waals surface area (Å²) in [6, 6.07) is 6.61.